The average Bonchev–Trinajstić information content (AvgIpc) is 3.01. The van der Waals surface area contributed by atoms with E-state index < -0.39 is 5.92 Å². The standard InChI is InChI=1S/C31H52N2O2/c1-6-7-8-9-10-11-12-13-14-15-18-25-19-16-22-28(30(34)32-25)31(35)33-29-26(23(2)3)20-17-21-27(29)24(4)5/h17,20-21,23-25,28H,6-16,18-19,22H2,1-5H3,(H,32,34)(H,33,35). The highest BCUT2D eigenvalue weighted by Crippen LogP contribution is 2.33. The quantitative estimate of drug-likeness (QED) is 0.194. The number of amides is 2. The lowest BCUT2D eigenvalue weighted by atomic mass is 9.92. The van der Waals surface area contributed by atoms with Crippen molar-refractivity contribution in [2.24, 2.45) is 5.92 Å². The first-order valence-corrected chi connectivity index (χ1v) is 14.6. The topological polar surface area (TPSA) is 58.2 Å². The molecule has 0 aromatic heterocycles. The Hall–Kier alpha value is -1.84. The summed E-state index contributed by atoms with van der Waals surface area (Å²) in [6.07, 6.45) is 16.8. The van der Waals surface area contributed by atoms with Gasteiger partial charge in [-0.25, -0.2) is 0 Å². The maximum absolute atomic E-state index is 13.3. The molecule has 1 fully saturated rings. The van der Waals surface area contributed by atoms with Crippen LogP contribution >= 0.6 is 0 Å². The van der Waals surface area contributed by atoms with Crippen molar-refractivity contribution in [2.45, 2.75) is 142 Å². The van der Waals surface area contributed by atoms with E-state index in [-0.39, 0.29) is 17.9 Å². The molecule has 4 heteroatoms. The molecule has 1 heterocycles. The zero-order chi connectivity index (χ0) is 25.6. The summed E-state index contributed by atoms with van der Waals surface area (Å²) in [5, 5.41) is 6.37. The molecule has 0 bridgehead atoms. The monoisotopic (exact) mass is 484 g/mol. The van der Waals surface area contributed by atoms with Crippen LogP contribution in [0, 0.1) is 5.92 Å². The molecule has 0 radical (unpaired) electrons. The summed E-state index contributed by atoms with van der Waals surface area (Å²) < 4.78 is 0. The van der Waals surface area contributed by atoms with Gasteiger partial charge in [-0.3, -0.25) is 9.59 Å². The molecule has 2 atom stereocenters. The molecule has 1 aromatic carbocycles. The number of benzene rings is 1. The van der Waals surface area contributed by atoms with Gasteiger partial charge in [-0.15, -0.1) is 0 Å². The molecule has 2 amide bonds. The normalized spacial score (nSPS) is 18.5. The predicted molar refractivity (Wildman–Crippen MR) is 149 cm³/mol. The molecule has 2 N–H and O–H groups in total. The molecule has 1 aromatic rings. The Kier molecular flexibility index (Phi) is 13.4. The summed E-state index contributed by atoms with van der Waals surface area (Å²) >= 11 is 0. The van der Waals surface area contributed by atoms with E-state index in [4.69, 9.17) is 0 Å². The third kappa shape index (κ3) is 9.97. The van der Waals surface area contributed by atoms with Crippen molar-refractivity contribution in [1.82, 2.24) is 5.32 Å². The number of para-hydroxylation sites is 1. The molecule has 35 heavy (non-hydrogen) atoms. The third-order valence-corrected chi connectivity index (χ3v) is 7.55. The van der Waals surface area contributed by atoms with E-state index in [2.05, 4.69) is 63.5 Å². The summed E-state index contributed by atoms with van der Waals surface area (Å²) in [5.74, 6) is -0.245. The Labute approximate surface area is 215 Å². The number of rotatable bonds is 15. The molecular formula is C31H52N2O2. The zero-order valence-electron chi connectivity index (χ0n) is 23.3. The van der Waals surface area contributed by atoms with Crippen molar-refractivity contribution >= 4 is 17.5 Å². The van der Waals surface area contributed by atoms with E-state index in [1.54, 1.807) is 0 Å². The minimum Gasteiger partial charge on any atom is -0.353 e. The van der Waals surface area contributed by atoms with Crippen molar-refractivity contribution in [3.8, 4) is 0 Å². The number of unbranched alkanes of at least 4 members (excludes halogenated alkanes) is 9. The molecule has 1 aliphatic rings. The molecule has 2 unspecified atom stereocenters. The van der Waals surface area contributed by atoms with Crippen LogP contribution in [0.3, 0.4) is 0 Å². The van der Waals surface area contributed by atoms with Gasteiger partial charge in [0.15, 0.2) is 0 Å². The summed E-state index contributed by atoms with van der Waals surface area (Å²) in [5.41, 5.74) is 3.18. The van der Waals surface area contributed by atoms with Crippen molar-refractivity contribution in [1.29, 1.82) is 0 Å². The Morgan fingerprint density at radius 3 is 1.97 bits per heavy atom. The van der Waals surface area contributed by atoms with Crippen molar-refractivity contribution in [3.05, 3.63) is 29.3 Å². The van der Waals surface area contributed by atoms with Gasteiger partial charge in [-0.1, -0.05) is 123 Å². The molecule has 0 aliphatic carbocycles. The van der Waals surface area contributed by atoms with Gasteiger partial charge in [0.1, 0.15) is 5.92 Å². The van der Waals surface area contributed by atoms with Crippen LogP contribution in [0.2, 0.25) is 0 Å². The molecule has 198 valence electrons. The number of carbonyl (C=O) groups excluding carboxylic acids is 2. The van der Waals surface area contributed by atoms with Crippen molar-refractivity contribution < 1.29 is 9.59 Å². The van der Waals surface area contributed by atoms with Gasteiger partial charge in [0.05, 0.1) is 0 Å². The molecule has 4 nitrogen and oxygen atoms in total. The van der Waals surface area contributed by atoms with Crippen molar-refractivity contribution in [2.75, 3.05) is 5.32 Å². The summed E-state index contributed by atoms with van der Waals surface area (Å²) in [6.45, 7) is 10.8. The van der Waals surface area contributed by atoms with Crippen LogP contribution in [0.1, 0.15) is 147 Å². The van der Waals surface area contributed by atoms with Gasteiger partial charge in [-0.05, 0) is 42.2 Å². The fraction of sp³-hybridized carbons (Fsp3) is 0.742. The van der Waals surface area contributed by atoms with Gasteiger partial charge in [-0.2, -0.15) is 0 Å². The Morgan fingerprint density at radius 1 is 0.886 bits per heavy atom. The number of carbonyl (C=O) groups is 2. The maximum Gasteiger partial charge on any atom is 0.236 e. The summed E-state index contributed by atoms with van der Waals surface area (Å²) in [4.78, 5) is 26.3. The van der Waals surface area contributed by atoms with Gasteiger partial charge < -0.3 is 10.6 Å². The second-order valence-corrected chi connectivity index (χ2v) is 11.3. The second kappa shape index (κ2) is 16.0. The fourth-order valence-corrected chi connectivity index (χ4v) is 5.32. The van der Waals surface area contributed by atoms with Gasteiger partial charge in [0.2, 0.25) is 11.8 Å². The number of hydrogen-bond donors (Lipinski definition) is 2. The Balaban J connectivity index is 1.80. The van der Waals surface area contributed by atoms with Crippen LogP contribution < -0.4 is 10.6 Å². The average molecular weight is 485 g/mol. The lowest BCUT2D eigenvalue weighted by Gasteiger charge is -2.22. The number of anilines is 1. The van der Waals surface area contributed by atoms with Crippen LogP contribution in [-0.2, 0) is 9.59 Å². The summed E-state index contributed by atoms with van der Waals surface area (Å²) in [7, 11) is 0. The molecule has 0 spiro atoms. The molecular weight excluding hydrogens is 432 g/mol. The highest BCUT2D eigenvalue weighted by Gasteiger charge is 2.31. The first-order valence-electron chi connectivity index (χ1n) is 14.6. The molecule has 2 rings (SSSR count). The van der Waals surface area contributed by atoms with Gasteiger partial charge >= 0.3 is 0 Å². The highest BCUT2D eigenvalue weighted by molar-refractivity contribution is 6.07. The lowest BCUT2D eigenvalue weighted by molar-refractivity contribution is -0.132. The Morgan fingerprint density at radius 2 is 1.43 bits per heavy atom. The van der Waals surface area contributed by atoms with Gasteiger partial charge in [0, 0.05) is 11.7 Å². The molecule has 1 saturated heterocycles. The van der Waals surface area contributed by atoms with E-state index in [1.165, 1.54) is 57.8 Å². The maximum atomic E-state index is 13.3. The predicted octanol–water partition coefficient (Wildman–Crippen LogP) is 8.47. The van der Waals surface area contributed by atoms with Gasteiger partial charge in [0.25, 0.3) is 0 Å². The fourth-order valence-electron chi connectivity index (χ4n) is 5.32. The first-order chi connectivity index (χ1) is 16.8. The van der Waals surface area contributed by atoms with E-state index in [1.807, 2.05) is 0 Å². The first kappa shape index (κ1) is 29.4. The third-order valence-electron chi connectivity index (χ3n) is 7.55. The number of nitrogens with one attached hydrogen (secondary N) is 2. The van der Waals surface area contributed by atoms with Crippen LogP contribution in [0.5, 0.6) is 0 Å². The Bertz CT molecular complexity index is 745. The van der Waals surface area contributed by atoms with Crippen molar-refractivity contribution in [3.63, 3.8) is 0 Å². The van der Waals surface area contributed by atoms with Crippen LogP contribution in [0.4, 0.5) is 5.69 Å². The summed E-state index contributed by atoms with van der Waals surface area (Å²) in [6, 6.07) is 6.45. The van der Waals surface area contributed by atoms with E-state index in [9.17, 15) is 9.59 Å². The minimum absolute atomic E-state index is 0.0924. The number of hydrogen-bond acceptors (Lipinski definition) is 2. The SMILES string of the molecule is CCCCCCCCCCCCC1CCCC(C(=O)Nc2c(C(C)C)cccc2C(C)C)C(=O)N1. The molecule has 0 saturated carbocycles. The van der Waals surface area contributed by atoms with E-state index in [0.717, 1.165) is 42.5 Å². The van der Waals surface area contributed by atoms with E-state index in [0.29, 0.717) is 18.3 Å². The van der Waals surface area contributed by atoms with Crippen LogP contribution in [-0.4, -0.2) is 17.9 Å². The van der Waals surface area contributed by atoms with Crippen LogP contribution in [0.25, 0.3) is 0 Å². The highest BCUT2D eigenvalue weighted by atomic mass is 16.2. The van der Waals surface area contributed by atoms with Crippen LogP contribution in [0.15, 0.2) is 18.2 Å². The zero-order valence-corrected chi connectivity index (χ0v) is 23.3. The minimum atomic E-state index is -0.604. The lowest BCUT2D eigenvalue weighted by Crippen LogP contribution is -2.41. The van der Waals surface area contributed by atoms with E-state index >= 15 is 0 Å². The molecule has 1 aliphatic heterocycles. The smallest absolute Gasteiger partial charge is 0.236 e. The largest absolute Gasteiger partial charge is 0.353 e. The second-order valence-electron chi connectivity index (χ2n) is 11.3.